The van der Waals surface area contributed by atoms with Crippen LogP contribution in [0.4, 0.5) is 10.1 Å². The molecule has 2 heterocycles. The zero-order chi connectivity index (χ0) is 15.9. The molecule has 6 heteroatoms. The first kappa shape index (κ1) is 15.3. The monoisotopic (exact) mass is 338 g/mol. The van der Waals surface area contributed by atoms with Crippen molar-refractivity contribution in [3.63, 3.8) is 0 Å². The minimum absolute atomic E-state index is 0.127. The normalized spacial score (nSPS) is 16.7. The fraction of sp³-hybridized carbons (Fsp3) is 0.250. The van der Waals surface area contributed by atoms with E-state index in [1.807, 2.05) is 6.92 Å². The molecule has 1 amide bonds. The molecule has 1 aromatic carbocycles. The minimum Gasteiger partial charge on any atom is -0.307 e. The van der Waals surface area contributed by atoms with Crippen LogP contribution in [-0.4, -0.2) is 17.4 Å². The van der Waals surface area contributed by atoms with Crippen molar-refractivity contribution in [3.05, 3.63) is 57.6 Å². The quantitative estimate of drug-likeness (QED) is 0.744. The number of anilines is 1. The summed E-state index contributed by atoms with van der Waals surface area (Å²) in [6, 6.07) is 7.48. The second kappa shape index (κ2) is 5.86. The van der Waals surface area contributed by atoms with Crippen molar-refractivity contribution in [1.29, 1.82) is 0 Å². The van der Waals surface area contributed by atoms with Gasteiger partial charge in [0.05, 0.1) is 0 Å². The lowest BCUT2D eigenvalue weighted by Gasteiger charge is -2.18. The van der Waals surface area contributed by atoms with E-state index in [0.29, 0.717) is 12.1 Å². The van der Waals surface area contributed by atoms with E-state index in [-0.39, 0.29) is 27.9 Å². The maximum atomic E-state index is 13.5. The number of aromatic nitrogens is 1. The first-order chi connectivity index (χ1) is 10.5. The van der Waals surface area contributed by atoms with Gasteiger partial charge >= 0.3 is 0 Å². The highest BCUT2D eigenvalue weighted by atomic mass is 35.5. The third-order valence-corrected chi connectivity index (χ3v) is 4.26. The maximum Gasteiger partial charge on any atom is 0.258 e. The molecule has 2 aromatic rings. The fourth-order valence-electron chi connectivity index (χ4n) is 2.80. The molecule has 0 saturated carbocycles. The molecule has 0 N–H and O–H groups in total. The Bertz CT molecular complexity index is 731. The zero-order valence-electron chi connectivity index (χ0n) is 11.8. The molecule has 1 unspecified atom stereocenters. The Kier molecular flexibility index (Phi) is 4.06. The van der Waals surface area contributed by atoms with E-state index < -0.39 is 0 Å². The fourth-order valence-corrected chi connectivity index (χ4v) is 3.26. The van der Waals surface area contributed by atoms with Crippen molar-refractivity contribution in [3.8, 4) is 0 Å². The predicted molar refractivity (Wildman–Crippen MR) is 85.4 cm³/mol. The summed E-state index contributed by atoms with van der Waals surface area (Å²) in [7, 11) is 0. The van der Waals surface area contributed by atoms with Gasteiger partial charge in [-0.05, 0) is 42.3 Å². The van der Waals surface area contributed by atoms with Crippen LogP contribution in [-0.2, 0) is 0 Å². The van der Waals surface area contributed by atoms with E-state index in [9.17, 15) is 9.18 Å². The number of hydrogen-bond donors (Lipinski definition) is 0. The molecular weight excluding hydrogens is 326 g/mol. The second-order valence-electron chi connectivity index (χ2n) is 5.23. The van der Waals surface area contributed by atoms with Gasteiger partial charge in [-0.2, -0.15) is 0 Å². The summed E-state index contributed by atoms with van der Waals surface area (Å²) in [5.41, 5.74) is 1.97. The Morgan fingerprint density at radius 1 is 1.32 bits per heavy atom. The van der Waals surface area contributed by atoms with Crippen LogP contribution in [0.3, 0.4) is 0 Å². The summed E-state index contributed by atoms with van der Waals surface area (Å²) in [4.78, 5) is 18.2. The Hall–Kier alpha value is -1.65. The summed E-state index contributed by atoms with van der Waals surface area (Å²) < 4.78 is 13.5. The van der Waals surface area contributed by atoms with E-state index in [0.717, 1.165) is 17.7 Å². The first-order valence-corrected chi connectivity index (χ1v) is 7.69. The van der Waals surface area contributed by atoms with Crippen LogP contribution >= 0.6 is 23.2 Å². The molecule has 114 valence electrons. The number of nitrogens with zero attached hydrogens (tertiary/aromatic N) is 2. The average Bonchev–Trinajstić information content (AvgIpc) is 2.83. The van der Waals surface area contributed by atoms with Gasteiger partial charge in [0.2, 0.25) is 0 Å². The topological polar surface area (TPSA) is 33.2 Å². The summed E-state index contributed by atoms with van der Waals surface area (Å²) >= 11 is 11.7. The number of halogens is 3. The van der Waals surface area contributed by atoms with Gasteiger partial charge in [0.1, 0.15) is 16.1 Å². The van der Waals surface area contributed by atoms with Crippen LogP contribution in [0.2, 0.25) is 10.3 Å². The number of hydrogen-bond acceptors (Lipinski definition) is 2. The molecule has 3 nitrogen and oxygen atoms in total. The molecule has 0 fully saturated rings. The number of rotatable bonds is 2. The maximum absolute atomic E-state index is 13.5. The van der Waals surface area contributed by atoms with Crippen LogP contribution in [0, 0.1) is 5.82 Å². The number of pyridine rings is 1. The Labute approximate surface area is 137 Å². The van der Waals surface area contributed by atoms with Crippen LogP contribution in [0.1, 0.15) is 35.2 Å². The Balaban J connectivity index is 2.01. The number of benzene rings is 1. The van der Waals surface area contributed by atoms with Gasteiger partial charge in [0.25, 0.3) is 5.91 Å². The van der Waals surface area contributed by atoms with E-state index in [1.165, 1.54) is 24.3 Å². The highest BCUT2D eigenvalue weighted by Gasteiger charge is 2.32. The molecule has 22 heavy (non-hydrogen) atoms. The van der Waals surface area contributed by atoms with Crippen molar-refractivity contribution in [2.45, 2.75) is 19.3 Å². The largest absolute Gasteiger partial charge is 0.307 e. The van der Waals surface area contributed by atoms with Crippen molar-refractivity contribution >= 4 is 34.8 Å². The number of fused-ring (bicyclic) bond motifs is 1. The van der Waals surface area contributed by atoms with Crippen LogP contribution in [0.25, 0.3) is 0 Å². The first-order valence-electron chi connectivity index (χ1n) is 6.94. The van der Waals surface area contributed by atoms with Crippen molar-refractivity contribution in [2.75, 3.05) is 11.4 Å². The molecule has 0 aliphatic carbocycles. The molecule has 1 atom stereocenters. The van der Waals surface area contributed by atoms with E-state index in [2.05, 4.69) is 4.98 Å². The van der Waals surface area contributed by atoms with Crippen molar-refractivity contribution in [1.82, 2.24) is 4.98 Å². The van der Waals surface area contributed by atoms with E-state index >= 15 is 0 Å². The van der Waals surface area contributed by atoms with Gasteiger partial charge in [-0.25, -0.2) is 9.37 Å². The van der Waals surface area contributed by atoms with Crippen molar-refractivity contribution < 1.29 is 9.18 Å². The number of carbonyl (C=O) groups excluding carboxylic acids is 1. The molecule has 0 saturated heterocycles. The number of carbonyl (C=O) groups is 1. The van der Waals surface area contributed by atoms with Crippen LogP contribution in [0.5, 0.6) is 0 Å². The lowest BCUT2D eigenvalue weighted by molar-refractivity contribution is 0.0988. The molecule has 1 aliphatic rings. The second-order valence-corrected chi connectivity index (χ2v) is 6.00. The molecular formula is C16H13Cl2FN2O. The zero-order valence-corrected chi connectivity index (χ0v) is 13.3. The Morgan fingerprint density at radius 2 is 2.00 bits per heavy atom. The van der Waals surface area contributed by atoms with Crippen LogP contribution in [0.15, 0.2) is 30.3 Å². The third kappa shape index (κ3) is 2.69. The van der Waals surface area contributed by atoms with E-state index in [1.54, 1.807) is 11.0 Å². The minimum atomic E-state index is -0.290. The Morgan fingerprint density at radius 3 is 2.64 bits per heavy atom. The summed E-state index contributed by atoms with van der Waals surface area (Å²) in [6.07, 6.45) is 0.831. The van der Waals surface area contributed by atoms with Gasteiger partial charge < -0.3 is 4.90 Å². The van der Waals surface area contributed by atoms with Crippen molar-refractivity contribution in [2.24, 2.45) is 0 Å². The summed E-state index contributed by atoms with van der Waals surface area (Å²) in [5, 5.41) is 0.336. The van der Waals surface area contributed by atoms with Gasteiger partial charge in [0.15, 0.2) is 0 Å². The average molecular weight is 339 g/mol. The highest BCUT2D eigenvalue weighted by Crippen LogP contribution is 2.39. The van der Waals surface area contributed by atoms with Gasteiger partial charge in [-0.1, -0.05) is 30.1 Å². The SMILES string of the molecule is CCC1CN(C(=O)c2cc(Cl)nc(Cl)c2)c2ccc(F)cc21. The molecule has 0 radical (unpaired) electrons. The van der Waals surface area contributed by atoms with Gasteiger partial charge in [0, 0.05) is 23.7 Å². The van der Waals surface area contributed by atoms with E-state index in [4.69, 9.17) is 23.2 Å². The molecule has 0 bridgehead atoms. The van der Waals surface area contributed by atoms with Gasteiger partial charge in [-0.15, -0.1) is 0 Å². The van der Waals surface area contributed by atoms with Gasteiger partial charge in [-0.3, -0.25) is 4.79 Å². The lowest BCUT2D eigenvalue weighted by atomic mass is 9.99. The molecule has 1 aliphatic heterocycles. The molecule has 3 rings (SSSR count). The van der Waals surface area contributed by atoms with Crippen LogP contribution < -0.4 is 4.90 Å². The number of amides is 1. The third-order valence-electron chi connectivity index (χ3n) is 3.87. The molecule has 1 aromatic heterocycles. The smallest absolute Gasteiger partial charge is 0.258 e. The predicted octanol–water partition coefficient (Wildman–Crippen LogP) is 4.68. The summed E-state index contributed by atoms with van der Waals surface area (Å²) in [6.45, 7) is 2.54. The molecule has 0 spiro atoms. The highest BCUT2D eigenvalue weighted by molar-refractivity contribution is 6.33. The standard InChI is InChI=1S/C16H13Cl2FN2O/c1-2-9-8-21(13-4-3-11(19)7-12(9)13)16(22)10-5-14(17)20-15(18)6-10/h3-7,9H,2,8H2,1H3. The lowest BCUT2D eigenvalue weighted by Crippen LogP contribution is -2.29. The summed E-state index contributed by atoms with van der Waals surface area (Å²) in [5.74, 6) is -0.376.